The van der Waals surface area contributed by atoms with Crippen LogP contribution in [-0.2, 0) is 4.79 Å². The molecule has 4 rings (SSSR count). The first-order valence-electron chi connectivity index (χ1n) is 9.27. The normalized spacial score (nSPS) is 19.3. The van der Waals surface area contributed by atoms with Gasteiger partial charge >= 0.3 is 0 Å². The Hall–Kier alpha value is -2.96. The molecule has 7 heteroatoms. The first-order valence-corrected chi connectivity index (χ1v) is 9.27. The second kappa shape index (κ2) is 7.73. The number of rotatable bonds is 3. The Balaban J connectivity index is 1.49. The number of furan rings is 1. The number of nitrogens with zero attached hydrogens (tertiary/aromatic N) is 1. The third-order valence-corrected chi connectivity index (χ3v) is 4.81. The van der Waals surface area contributed by atoms with Crippen molar-refractivity contribution < 1.29 is 23.5 Å². The molecule has 0 spiro atoms. The molecular formula is C20H22N2O5. The molecule has 7 nitrogen and oxygen atoms in total. The molecule has 2 aliphatic heterocycles. The fourth-order valence-corrected chi connectivity index (χ4v) is 3.46. The zero-order valence-corrected chi connectivity index (χ0v) is 15.0. The molecule has 0 aliphatic carbocycles. The van der Waals surface area contributed by atoms with Crippen molar-refractivity contribution in [2.75, 3.05) is 25.1 Å². The van der Waals surface area contributed by atoms with Crippen LogP contribution >= 0.6 is 0 Å². The Morgan fingerprint density at radius 1 is 1.04 bits per heavy atom. The molecule has 1 fully saturated rings. The second-order valence-corrected chi connectivity index (χ2v) is 6.69. The average Bonchev–Trinajstić information content (AvgIpc) is 3.13. The molecule has 27 heavy (non-hydrogen) atoms. The summed E-state index contributed by atoms with van der Waals surface area (Å²) < 4.78 is 16.5. The molecule has 1 atom stereocenters. The molecule has 1 saturated heterocycles. The number of piperidine rings is 1. The highest BCUT2D eigenvalue weighted by atomic mass is 16.5. The van der Waals surface area contributed by atoms with E-state index in [-0.39, 0.29) is 17.6 Å². The van der Waals surface area contributed by atoms with Crippen LogP contribution in [0.2, 0.25) is 0 Å². The van der Waals surface area contributed by atoms with E-state index in [0.717, 1.165) is 19.3 Å². The summed E-state index contributed by atoms with van der Waals surface area (Å²) in [6.45, 7) is 1.74. The highest BCUT2D eigenvalue weighted by molar-refractivity contribution is 6.00. The van der Waals surface area contributed by atoms with Gasteiger partial charge in [0.05, 0.1) is 19.5 Å². The number of amides is 2. The number of nitrogens with one attached hydrogen (secondary N) is 1. The lowest BCUT2D eigenvalue weighted by molar-refractivity contribution is -0.121. The predicted octanol–water partition coefficient (Wildman–Crippen LogP) is 3.07. The minimum atomic E-state index is -0.521. The van der Waals surface area contributed by atoms with Crippen molar-refractivity contribution in [3.63, 3.8) is 0 Å². The van der Waals surface area contributed by atoms with Gasteiger partial charge in [0.15, 0.2) is 17.3 Å². The van der Waals surface area contributed by atoms with Crippen LogP contribution in [-0.4, -0.2) is 42.5 Å². The Kier molecular flexibility index (Phi) is 5.00. The number of carbonyl (C=O) groups excluding carboxylic acids is 2. The summed E-state index contributed by atoms with van der Waals surface area (Å²) in [6.07, 6.45) is 4.69. The molecular weight excluding hydrogens is 348 g/mol. The molecule has 1 aromatic heterocycles. The summed E-state index contributed by atoms with van der Waals surface area (Å²) >= 11 is 0. The average molecular weight is 370 g/mol. The van der Waals surface area contributed by atoms with Crippen molar-refractivity contribution in [1.82, 2.24) is 4.90 Å². The predicted molar refractivity (Wildman–Crippen MR) is 98.1 cm³/mol. The summed E-state index contributed by atoms with van der Waals surface area (Å²) in [5, 5.41) is 2.91. The van der Waals surface area contributed by atoms with Crippen molar-refractivity contribution >= 4 is 17.5 Å². The molecule has 0 bridgehead atoms. The van der Waals surface area contributed by atoms with Crippen molar-refractivity contribution in [2.24, 2.45) is 0 Å². The standard InChI is InChI=1S/C20H22N2O5/c23-19(21-14-7-8-16-18(13-14)27-12-4-11-25-16)15-5-1-2-9-22(15)20(24)17-6-3-10-26-17/h3,6-8,10,13,15H,1-2,4-5,9,11-12H2,(H,21,23). The highest BCUT2D eigenvalue weighted by Crippen LogP contribution is 2.32. The topological polar surface area (TPSA) is 81.0 Å². The Labute approximate surface area is 157 Å². The van der Waals surface area contributed by atoms with Crippen LogP contribution in [0.1, 0.15) is 36.2 Å². The summed E-state index contributed by atoms with van der Waals surface area (Å²) in [5.74, 6) is 1.10. The zero-order valence-electron chi connectivity index (χ0n) is 15.0. The lowest BCUT2D eigenvalue weighted by Crippen LogP contribution is -2.49. The van der Waals surface area contributed by atoms with E-state index in [1.165, 1.54) is 6.26 Å². The maximum atomic E-state index is 12.9. The maximum absolute atomic E-state index is 12.9. The first kappa shape index (κ1) is 17.5. The van der Waals surface area contributed by atoms with E-state index in [0.29, 0.717) is 43.4 Å². The lowest BCUT2D eigenvalue weighted by atomic mass is 10.0. The van der Waals surface area contributed by atoms with Crippen LogP contribution in [0.3, 0.4) is 0 Å². The van der Waals surface area contributed by atoms with Crippen LogP contribution in [0.4, 0.5) is 5.69 Å². The summed E-state index contributed by atoms with van der Waals surface area (Å²) in [4.78, 5) is 27.2. The molecule has 2 amide bonds. The molecule has 0 saturated carbocycles. The maximum Gasteiger partial charge on any atom is 0.290 e. The SMILES string of the molecule is O=C(Nc1ccc2c(c1)OCCCO2)C1CCCCN1C(=O)c1ccco1. The van der Waals surface area contributed by atoms with E-state index < -0.39 is 6.04 Å². The molecule has 142 valence electrons. The minimum absolute atomic E-state index is 0.205. The summed E-state index contributed by atoms with van der Waals surface area (Å²) in [6, 6.07) is 8.11. The van der Waals surface area contributed by atoms with Gasteiger partial charge < -0.3 is 24.1 Å². The van der Waals surface area contributed by atoms with Crippen molar-refractivity contribution in [1.29, 1.82) is 0 Å². The Bertz CT molecular complexity index is 818. The molecule has 1 N–H and O–H groups in total. The molecule has 2 aliphatic rings. The lowest BCUT2D eigenvalue weighted by Gasteiger charge is -2.34. The fourth-order valence-electron chi connectivity index (χ4n) is 3.46. The van der Waals surface area contributed by atoms with E-state index in [1.807, 2.05) is 0 Å². The quantitative estimate of drug-likeness (QED) is 0.898. The molecule has 1 aromatic carbocycles. The van der Waals surface area contributed by atoms with Gasteiger partial charge in [0, 0.05) is 24.7 Å². The molecule has 0 radical (unpaired) electrons. The van der Waals surface area contributed by atoms with Crippen molar-refractivity contribution in [3.8, 4) is 11.5 Å². The third-order valence-electron chi connectivity index (χ3n) is 4.81. The van der Waals surface area contributed by atoms with Gasteiger partial charge in [-0.3, -0.25) is 9.59 Å². The summed E-state index contributed by atoms with van der Waals surface area (Å²) in [7, 11) is 0. The Morgan fingerprint density at radius 2 is 1.89 bits per heavy atom. The van der Waals surface area contributed by atoms with Crippen LogP contribution in [0.15, 0.2) is 41.0 Å². The molecule has 3 heterocycles. The smallest absolute Gasteiger partial charge is 0.290 e. The number of benzene rings is 1. The van der Waals surface area contributed by atoms with E-state index >= 15 is 0 Å². The van der Waals surface area contributed by atoms with Gasteiger partial charge in [0.1, 0.15) is 6.04 Å². The fraction of sp³-hybridized carbons (Fsp3) is 0.400. The number of anilines is 1. The van der Waals surface area contributed by atoms with E-state index in [2.05, 4.69) is 5.32 Å². The number of ether oxygens (including phenoxy) is 2. The number of carbonyl (C=O) groups is 2. The first-order chi connectivity index (χ1) is 13.2. The van der Waals surface area contributed by atoms with Crippen LogP contribution in [0.5, 0.6) is 11.5 Å². The van der Waals surface area contributed by atoms with Gasteiger partial charge in [-0.1, -0.05) is 0 Å². The highest BCUT2D eigenvalue weighted by Gasteiger charge is 2.33. The van der Waals surface area contributed by atoms with Gasteiger partial charge in [-0.05, 0) is 43.5 Å². The van der Waals surface area contributed by atoms with E-state index in [1.54, 1.807) is 35.2 Å². The third kappa shape index (κ3) is 3.77. The van der Waals surface area contributed by atoms with E-state index in [9.17, 15) is 9.59 Å². The number of hydrogen-bond donors (Lipinski definition) is 1. The second-order valence-electron chi connectivity index (χ2n) is 6.69. The Morgan fingerprint density at radius 3 is 2.70 bits per heavy atom. The molecule has 1 unspecified atom stereocenters. The van der Waals surface area contributed by atoms with Gasteiger partial charge in [0.25, 0.3) is 5.91 Å². The number of hydrogen-bond acceptors (Lipinski definition) is 5. The van der Waals surface area contributed by atoms with Crippen LogP contribution in [0, 0.1) is 0 Å². The van der Waals surface area contributed by atoms with Crippen LogP contribution < -0.4 is 14.8 Å². The largest absolute Gasteiger partial charge is 0.490 e. The van der Waals surface area contributed by atoms with E-state index in [4.69, 9.17) is 13.9 Å². The number of likely N-dealkylation sites (tertiary alicyclic amines) is 1. The van der Waals surface area contributed by atoms with Crippen molar-refractivity contribution in [2.45, 2.75) is 31.7 Å². The summed E-state index contributed by atoms with van der Waals surface area (Å²) in [5.41, 5.74) is 0.625. The molecule has 2 aromatic rings. The van der Waals surface area contributed by atoms with Gasteiger partial charge in [0.2, 0.25) is 5.91 Å². The van der Waals surface area contributed by atoms with Crippen LogP contribution in [0.25, 0.3) is 0 Å². The van der Waals surface area contributed by atoms with Gasteiger partial charge in [-0.15, -0.1) is 0 Å². The van der Waals surface area contributed by atoms with Crippen molar-refractivity contribution in [3.05, 3.63) is 42.4 Å². The monoisotopic (exact) mass is 370 g/mol. The van der Waals surface area contributed by atoms with Gasteiger partial charge in [-0.2, -0.15) is 0 Å². The minimum Gasteiger partial charge on any atom is -0.490 e. The van der Waals surface area contributed by atoms with Gasteiger partial charge in [-0.25, -0.2) is 0 Å². The zero-order chi connectivity index (χ0) is 18.6. The number of fused-ring (bicyclic) bond motifs is 1.